The summed E-state index contributed by atoms with van der Waals surface area (Å²) in [6.07, 6.45) is 7.69. The van der Waals surface area contributed by atoms with Gasteiger partial charge in [0.05, 0.1) is 16.9 Å². The quantitative estimate of drug-likeness (QED) is 0.269. The third kappa shape index (κ3) is 4.61. The smallest absolute Gasteiger partial charge is 0.123 e. The topological polar surface area (TPSA) is 73.5 Å². The van der Waals surface area contributed by atoms with Gasteiger partial charge >= 0.3 is 0 Å². The molecule has 184 valence electrons. The summed E-state index contributed by atoms with van der Waals surface area (Å²) in [5.74, 6) is -0.283. The first-order valence-corrected chi connectivity index (χ1v) is 12.4. The van der Waals surface area contributed by atoms with Crippen LogP contribution in [-0.2, 0) is 6.42 Å². The fraction of sp³-hybridized carbons (Fsp3) is 0.167. The van der Waals surface area contributed by atoms with Crippen LogP contribution in [0.5, 0.6) is 0 Å². The summed E-state index contributed by atoms with van der Waals surface area (Å²) >= 11 is 0. The van der Waals surface area contributed by atoms with E-state index in [-0.39, 0.29) is 5.82 Å². The number of aromatic amines is 2. The highest BCUT2D eigenvalue weighted by Gasteiger charge is 2.15. The normalized spacial score (nSPS) is 11.7. The highest BCUT2D eigenvalue weighted by atomic mass is 19.1. The zero-order valence-corrected chi connectivity index (χ0v) is 20.8. The third-order valence-electron chi connectivity index (χ3n) is 6.66. The average molecular weight is 491 g/mol. The Kier molecular flexibility index (Phi) is 5.98. The molecule has 4 aromatic heterocycles. The molecule has 37 heavy (non-hydrogen) atoms. The van der Waals surface area contributed by atoms with Gasteiger partial charge in [-0.05, 0) is 87.1 Å². The molecule has 0 saturated heterocycles. The zero-order chi connectivity index (χ0) is 25.4. The number of halogens is 1. The second kappa shape index (κ2) is 9.59. The number of H-pyrrole nitrogens is 2. The number of aromatic nitrogens is 5. The number of nitrogens with one attached hydrogen (secondary N) is 2. The van der Waals surface area contributed by atoms with E-state index in [9.17, 15) is 4.39 Å². The Balaban J connectivity index is 1.38. The first kappa shape index (κ1) is 23.1. The first-order valence-electron chi connectivity index (χ1n) is 12.4. The fourth-order valence-electron chi connectivity index (χ4n) is 4.83. The van der Waals surface area contributed by atoms with Gasteiger partial charge in [0.2, 0.25) is 0 Å². The Hall–Kier alpha value is -4.36. The van der Waals surface area contributed by atoms with Crippen molar-refractivity contribution in [1.29, 1.82) is 0 Å². The molecular formula is C30H27FN6. The summed E-state index contributed by atoms with van der Waals surface area (Å²) in [5.41, 5.74) is 8.47. The number of benzene rings is 2. The molecule has 0 atom stereocenters. The minimum Gasteiger partial charge on any atom is -0.353 e. The fourth-order valence-corrected chi connectivity index (χ4v) is 4.83. The molecule has 0 fully saturated rings. The Morgan fingerprint density at radius 3 is 2.59 bits per heavy atom. The van der Waals surface area contributed by atoms with Crippen molar-refractivity contribution in [3.8, 4) is 33.8 Å². The zero-order valence-electron chi connectivity index (χ0n) is 20.8. The van der Waals surface area contributed by atoms with Crippen LogP contribution in [0.1, 0.15) is 12.0 Å². The van der Waals surface area contributed by atoms with Crippen LogP contribution < -0.4 is 0 Å². The van der Waals surface area contributed by atoms with Gasteiger partial charge in [-0.25, -0.2) is 4.39 Å². The molecule has 4 heterocycles. The van der Waals surface area contributed by atoms with E-state index in [0.29, 0.717) is 0 Å². The summed E-state index contributed by atoms with van der Waals surface area (Å²) < 4.78 is 13.9. The summed E-state index contributed by atoms with van der Waals surface area (Å²) in [7, 11) is 4.19. The van der Waals surface area contributed by atoms with Crippen LogP contribution in [0.2, 0.25) is 0 Å². The molecule has 6 rings (SSSR count). The minimum atomic E-state index is -0.283. The molecule has 2 aromatic carbocycles. The van der Waals surface area contributed by atoms with Crippen LogP contribution in [0.4, 0.5) is 4.39 Å². The molecule has 7 heteroatoms. The number of nitrogens with zero attached hydrogens (tertiary/aromatic N) is 4. The van der Waals surface area contributed by atoms with Gasteiger partial charge in [-0.2, -0.15) is 5.10 Å². The Morgan fingerprint density at radius 2 is 1.73 bits per heavy atom. The van der Waals surface area contributed by atoms with Crippen molar-refractivity contribution in [3.05, 3.63) is 90.6 Å². The summed E-state index contributed by atoms with van der Waals surface area (Å²) in [6.45, 7) is 1.05. The van der Waals surface area contributed by atoms with E-state index < -0.39 is 0 Å². The monoisotopic (exact) mass is 490 g/mol. The lowest BCUT2D eigenvalue weighted by molar-refractivity contribution is 0.400. The number of rotatable bonds is 7. The molecule has 2 N–H and O–H groups in total. The van der Waals surface area contributed by atoms with Crippen LogP contribution in [0.25, 0.3) is 55.6 Å². The first-order chi connectivity index (χ1) is 18.0. The molecule has 0 aliphatic heterocycles. The number of hydrogen-bond donors (Lipinski definition) is 2. The number of aryl methyl sites for hydroxylation is 1. The summed E-state index contributed by atoms with van der Waals surface area (Å²) in [4.78, 5) is 14.7. The van der Waals surface area contributed by atoms with Crippen molar-refractivity contribution in [2.24, 2.45) is 0 Å². The molecule has 0 radical (unpaired) electrons. The van der Waals surface area contributed by atoms with Crippen molar-refractivity contribution in [3.63, 3.8) is 0 Å². The standard InChI is InChI=1S/C30H27FN6/c1-37(2)12-4-5-19-13-22(18-32-17-19)20-8-9-27-24(15-20)30(36-35-27)28-16-25-26(34-28)10-11-33-29(25)21-6-3-7-23(31)14-21/h3,6-11,13-18,34H,4-5,12H2,1-2H3,(H,35,36). The minimum absolute atomic E-state index is 0.283. The van der Waals surface area contributed by atoms with Crippen molar-refractivity contribution < 1.29 is 4.39 Å². The van der Waals surface area contributed by atoms with Gasteiger partial charge in [0.15, 0.2) is 0 Å². The van der Waals surface area contributed by atoms with E-state index in [1.807, 2.05) is 30.6 Å². The lowest BCUT2D eigenvalue weighted by Crippen LogP contribution is -2.13. The molecule has 6 aromatic rings. The second-order valence-corrected chi connectivity index (χ2v) is 9.64. The predicted octanol–water partition coefficient (Wildman–Crippen LogP) is 6.47. The highest BCUT2D eigenvalue weighted by molar-refractivity contribution is 6.00. The number of fused-ring (bicyclic) bond motifs is 2. The maximum absolute atomic E-state index is 13.9. The molecule has 0 bridgehead atoms. The number of hydrogen-bond acceptors (Lipinski definition) is 4. The Morgan fingerprint density at radius 1 is 0.838 bits per heavy atom. The molecule has 0 amide bonds. The number of pyridine rings is 2. The van der Waals surface area contributed by atoms with E-state index >= 15 is 0 Å². The van der Waals surface area contributed by atoms with Gasteiger partial charge < -0.3 is 9.88 Å². The van der Waals surface area contributed by atoms with Gasteiger partial charge in [-0.3, -0.25) is 15.1 Å². The average Bonchev–Trinajstić information content (AvgIpc) is 3.52. The molecule has 0 unspecified atom stereocenters. The lowest BCUT2D eigenvalue weighted by atomic mass is 10.0. The van der Waals surface area contributed by atoms with Gasteiger partial charge in [0.1, 0.15) is 11.5 Å². The lowest BCUT2D eigenvalue weighted by Gasteiger charge is -2.09. The second-order valence-electron chi connectivity index (χ2n) is 9.64. The van der Waals surface area contributed by atoms with E-state index in [4.69, 9.17) is 0 Å². The van der Waals surface area contributed by atoms with Crippen molar-refractivity contribution in [2.45, 2.75) is 12.8 Å². The van der Waals surface area contributed by atoms with Crippen LogP contribution in [0.3, 0.4) is 0 Å². The van der Waals surface area contributed by atoms with Gasteiger partial charge in [0.25, 0.3) is 0 Å². The Labute approximate surface area is 214 Å². The summed E-state index contributed by atoms with van der Waals surface area (Å²) in [6, 6.07) is 19.0. The van der Waals surface area contributed by atoms with Gasteiger partial charge in [-0.1, -0.05) is 18.2 Å². The maximum Gasteiger partial charge on any atom is 0.123 e. The van der Waals surface area contributed by atoms with Crippen molar-refractivity contribution in [2.75, 3.05) is 20.6 Å². The molecule has 6 nitrogen and oxygen atoms in total. The van der Waals surface area contributed by atoms with E-state index in [0.717, 1.165) is 75.0 Å². The highest BCUT2D eigenvalue weighted by Crippen LogP contribution is 2.34. The molecular weight excluding hydrogens is 463 g/mol. The van der Waals surface area contributed by atoms with Crippen LogP contribution >= 0.6 is 0 Å². The van der Waals surface area contributed by atoms with Crippen LogP contribution in [0.15, 0.2) is 79.3 Å². The SMILES string of the molecule is CN(C)CCCc1cncc(-c2ccc3[nH]nc(-c4cc5c(-c6cccc(F)c6)nccc5[nH]4)c3c2)c1. The summed E-state index contributed by atoms with van der Waals surface area (Å²) in [5, 5.41) is 9.72. The van der Waals surface area contributed by atoms with Crippen LogP contribution in [-0.4, -0.2) is 50.7 Å². The van der Waals surface area contributed by atoms with Crippen molar-refractivity contribution in [1.82, 2.24) is 30.0 Å². The maximum atomic E-state index is 13.9. The predicted molar refractivity (Wildman–Crippen MR) is 147 cm³/mol. The van der Waals surface area contributed by atoms with E-state index in [1.54, 1.807) is 12.3 Å². The van der Waals surface area contributed by atoms with Crippen LogP contribution in [0, 0.1) is 5.82 Å². The molecule has 0 aliphatic rings. The molecule has 0 aliphatic carbocycles. The van der Waals surface area contributed by atoms with Crippen molar-refractivity contribution >= 4 is 21.8 Å². The van der Waals surface area contributed by atoms with E-state index in [1.165, 1.54) is 17.7 Å². The third-order valence-corrected chi connectivity index (χ3v) is 6.66. The van der Waals surface area contributed by atoms with Gasteiger partial charge in [0, 0.05) is 46.0 Å². The molecule has 0 saturated carbocycles. The largest absolute Gasteiger partial charge is 0.353 e. The van der Waals surface area contributed by atoms with E-state index in [2.05, 4.69) is 68.4 Å². The Bertz CT molecular complexity index is 1710. The van der Waals surface area contributed by atoms with Gasteiger partial charge in [-0.15, -0.1) is 0 Å². The molecule has 0 spiro atoms.